The van der Waals surface area contributed by atoms with Gasteiger partial charge in [-0.25, -0.2) is 0 Å². The van der Waals surface area contributed by atoms with Gasteiger partial charge in [-0.3, -0.25) is 0 Å². The first-order valence-corrected chi connectivity index (χ1v) is 19.0. The van der Waals surface area contributed by atoms with Gasteiger partial charge in [-0.1, -0.05) is 115 Å². The highest BCUT2D eigenvalue weighted by Gasteiger charge is 2.48. The molecule has 254 valence electrons. The van der Waals surface area contributed by atoms with Gasteiger partial charge in [0.15, 0.2) is 0 Å². The van der Waals surface area contributed by atoms with E-state index >= 15 is 0 Å². The molecule has 0 bridgehead atoms. The average molecular weight is 700 g/mol. The quantitative estimate of drug-likeness (QED) is 0.164. The third-order valence-electron chi connectivity index (χ3n) is 10.8. The number of benzene rings is 7. The fraction of sp³-hybridized carbons (Fsp3) is 0.0612. The van der Waals surface area contributed by atoms with Gasteiger partial charge in [0.2, 0.25) is 0 Å². The highest BCUT2D eigenvalue weighted by Crippen LogP contribution is 2.58. The Morgan fingerprint density at radius 1 is 0.509 bits per heavy atom. The molecule has 4 heteroatoms. The topological polar surface area (TPSA) is 9.72 Å². The van der Waals surface area contributed by atoms with Crippen LogP contribution in [0.5, 0.6) is 0 Å². The number of thiophene rings is 1. The van der Waals surface area contributed by atoms with Crippen LogP contribution in [-0.2, 0) is 0 Å². The van der Waals surface area contributed by atoms with E-state index in [1.165, 1.54) is 37.1 Å². The van der Waals surface area contributed by atoms with Crippen molar-refractivity contribution in [3.8, 4) is 0 Å². The molecule has 2 heterocycles. The standard InChI is InChI=1S/C49H37N3S/c1-49-32-14-13-28-44(49)47-45(31-30-43-42-27-11-12-29-46(42)53-48(43)47)52(49)41-26-16-25-40(34-41)51(37-21-9-4-10-22-37)39-24-15-23-38(33-39)50(35-17-5-2-6-18-35)36-19-7-3-8-20-36/h2-34,44H,1H3. The largest absolute Gasteiger partial charge is 0.331 e. The number of allylic oxidation sites excluding steroid dienone is 2. The minimum atomic E-state index is -0.260. The Morgan fingerprint density at radius 2 is 1.06 bits per heavy atom. The van der Waals surface area contributed by atoms with E-state index in [-0.39, 0.29) is 11.5 Å². The van der Waals surface area contributed by atoms with Crippen LogP contribution >= 0.6 is 11.3 Å². The molecular formula is C49H37N3S. The SMILES string of the molecule is CC12C=CC=CC1c1c(ccc3c1sc1ccccc13)N2c1cccc(N(c2ccccc2)c2cccc(N(c3ccccc3)c3ccccc3)c2)c1. The molecule has 1 aliphatic heterocycles. The Balaban J connectivity index is 1.13. The lowest BCUT2D eigenvalue weighted by Gasteiger charge is -2.39. The Bertz CT molecular complexity index is 2620. The number of anilines is 8. The minimum absolute atomic E-state index is 0.229. The molecular weight excluding hydrogens is 663 g/mol. The zero-order valence-electron chi connectivity index (χ0n) is 29.4. The Kier molecular flexibility index (Phi) is 7.52. The number of nitrogens with zero attached hydrogens (tertiary/aromatic N) is 3. The van der Waals surface area contributed by atoms with Gasteiger partial charge < -0.3 is 14.7 Å². The van der Waals surface area contributed by atoms with E-state index in [0.29, 0.717) is 0 Å². The van der Waals surface area contributed by atoms with Crippen LogP contribution in [0.4, 0.5) is 45.5 Å². The van der Waals surface area contributed by atoms with E-state index in [0.717, 1.165) is 34.1 Å². The molecule has 2 atom stereocenters. The van der Waals surface area contributed by atoms with E-state index in [9.17, 15) is 0 Å². The maximum absolute atomic E-state index is 2.58. The molecule has 0 fully saturated rings. The van der Waals surface area contributed by atoms with Gasteiger partial charge in [0.05, 0.1) is 5.54 Å². The van der Waals surface area contributed by atoms with Crippen LogP contribution in [0, 0.1) is 0 Å². The molecule has 7 aromatic carbocycles. The fourth-order valence-corrected chi connectivity index (χ4v) is 9.75. The van der Waals surface area contributed by atoms with Crippen molar-refractivity contribution in [2.24, 2.45) is 0 Å². The summed E-state index contributed by atoms with van der Waals surface area (Å²) in [4.78, 5) is 7.28. The molecule has 0 saturated carbocycles. The molecule has 1 aromatic heterocycles. The Hall–Kier alpha value is -6.36. The summed E-state index contributed by atoms with van der Waals surface area (Å²) in [6.07, 6.45) is 9.23. The van der Waals surface area contributed by atoms with Crippen LogP contribution in [0.2, 0.25) is 0 Å². The predicted molar refractivity (Wildman–Crippen MR) is 227 cm³/mol. The second-order valence-electron chi connectivity index (χ2n) is 14.0. The van der Waals surface area contributed by atoms with E-state index in [1.54, 1.807) is 0 Å². The van der Waals surface area contributed by atoms with Gasteiger partial charge in [0.1, 0.15) is 0 Å². The summed E-state index contributed by atoms with van der Waals surface area (Å²) in [5.41, 5.74) is 10.2. The van der Waals surface area contributed by atoms with Crippen molar-refractivity contribution >= 4 is 77.0 Å². The molecule has 0 saturated heterocycles. The number of hydrogen-bond acceptors (Lipinski definition) is 4. The predicted octanol–water partition coefficient (Wildman–Crippen LogP) is 14.1. The fourth-order valence-electron chi connectivity index (χ4n) is 8.47. The van der Waals surface area contributed by atoms with E-state index < -0.39 is 0 Å². The van der Waals surface area contributed by atoms with Crippen LogP contribution in [-0.4, -0.2) is 5.54 Å². The first-order valence-electron chi connectivity index (χ1n) is 18.2. The van der Waals surface area contributed by atoms with Gasteiger partial charge in [0, 0.05) is 77.2 Å². The maximum Gasteiger partial charge on any atom is 0.0712 e. The Morgan fingerprint density at radius 3 is 1.72 bits per heavy atom. The number of hydrogen-bond donors (Lipinski definition) is 0. The molecule has 1 aliphatic carbocycles. The highest BCUT2D eigenvalue weighted by molar-refractivity contribution is 7.26. The highest BCUT2D eigenvalue weighted by atomic mass is 32.1. The van der Waals surface area contributed by atoms with Crippen LogP contribution in [0.1, 0.15) is 18.4 Å². The summed E-state index contributed by atoms with van der Waals surface area (Å²) in [5.74, 6) is 0.229. The van der Waals surface area contributed by atoms with Crippen molar-refractivity contribution in [3.05, 3.63) is 206 Å². The molecule has 0 amide bonds. The smallest absolute Gasteiger partial charge is 0.0712 e. The van der Waals surface area contributed by atoms with E-state index in [2.05, 4.69) is 222 Å². The van der Waals surface area contributed by atoms with Gasteiger partial charge >= 0.3 is 0 Å². The van der Waals surface area contributed by atoms with Crippen molar-refractivity contribution in [1.29, 1.82) is 0 Å². The second-order valence-corrected chi connectivity index (χ2v) is 15.0. The zero-order valence-corrected chi connectivity index (χ0v) is 30.2. The number of rotatable bonds is 7. The normalized spacial score (nSPS) is 17.2. The Labute approximate surface area is 314 Å². The lowest BCUT2D eigenvalue weighted by molar-refractivity contribution is 0.544. The first kappa shape index (κ1) is 31.4. The molecule has 8 aromatic rings. The molecule has 0 radical (unpaired) electrons. The molecule has 10 rings (SSSR count). The molecule has 2 aliphatic rings. The summed E-state index contributed by atoms with van der Waals surface area (Å²) in [7, 11) is 0. The van der Waals surface area contributed by atoms with E-state index in [1.807, 2.05) is 11.3 Å². The van der Waals surface area contributed by atoms with Crippen molar-refractivity contribution in [2.75, 3.05) is 14.7 Å². The van der Waals surface area contributed by atoms with Gasteiger partial charge in [-0.15, -0.1) is 11.3 Å². The van der Waals surface area contributed by atoms with Crippen LogP contribution < -0.4 is 14.7 Å². The monoisotopic (exact) mass is 699 g/mol. The van der Waals surface area contributed by atoms with Crippen LogP contribution in [0.3, 0.4) is 0 Å². The first-order chi connectivity index (χ1) is 26.2. The molecule has 2 unspecified atom stereocenters. The summed E-state index contributed by atoms with van der Waals surface area (Å²) in [6, 6.07) is 63.4. The third kappa shape index (κ3) is 5.17. The van der Waals surface area contributed by atoms with Crippen molar-refractivity contribution < 1.29 is 0 Å². The van der Waals surface area contributed by atoms with Gasteiger partial charge in [0.25, 0.3) is 0 Å². The average Bonchev–Trinajstić information content (AvgIpc) is 3.72. The summed E-state index contributed by atoms with van der Waals surface area (Å²) in [5, 5.41) is 2.69. The van der Waals surface area contributed by atoms with Crippen molar-refractivity contribution in [2.45, 2.75) is 18.4 Å². The maximum atomic E-state index is 2.58. The molecule has 3 nitrogen and oxygen atoms in total. The lowest BCUT2D eigenvalue weighted by Crippen LogP contribution is -2.42. The zero-order chi connectivity index (χ0) is 35.4. The lowest BCUT2D eigenvalue weighted by atomic mass is 9.80. The summed E-state index contributed by atoms with van der Waals surface area (Å²) >= 11 is 1.92. The van der Waals surface area contributed by atoms with Crippen molar-refractivity contribution in [3.63, 3.8) is 0 Å². The number of para-hydroxylation sites is 3. The molecule has 53 heavy (non-hydrogen) atoms. The third-order valence-corrected chi connectivity index (χ3v) is 12.0. The van der Waals surface area contributed by atoms with Crippen LogP contribution in [0.25, 0.3) is 20.2 Å². The summed E-state index contributed by atoms with van der Waals surface area (Å²) in [6.45, 7) is 2.39. The summed E-state index contributed by atoms with van der Waals surface area (Å²) < 4.78 is 2.73. The van der Waals surface area contributed by atoms with Gasteiger partial charge in [-0.2, -0.15) is 0 Å². The molecule has 0 spiro atoms. The van der Waals surface area contributed by atoms with Crippen molar-refractivity contribution in [1.82, 2.24) is 0 Å². The van der Waals surface area contributed by atoms with Crippen LogP contribution in [0.15, 0.2) is 200 Å². The van der Waals surface area contributed by atoms with E-state index in [4.69, 9.17) is 0 Å². The number of fused-ring (bicyclic) bond motifs is 7. The van der Waals surface area contributed by atoms with Gasteiger partial charge in [-0.05, 0) is 91.9 Å². The second kappa shape index (κ2) is 12.7. The molecule has 0 N–H and O–H groups in total. The minimum Gasteiger partial charge on any atom is -0.331 e.